The first-order chi connectivity index (χ1) is 18.8. The third-order valence-electron chi connectivity index (χ3n) is 7.55. The van der Waals surface area contributed by atoms with Crippen LogP contribution < -0.4 is 9.47 Å². The molecule has 0 saturated carbocycles. The molecule has 0 aromatic heterocycles. The van der Waals surface area contributed by atoms with Gasteiger partial charge in [0.25, 0.3) is 0 Å². The van der Waals surface area contributed by atoms with Crippen molar-refractivity contribution >= 4 is 29.1 Å². The Hall–Kier alpha value is -3.65. The zero-order chi connectivity index (χ0) is 27.7. The molecule has 0 radical (unpaired) electrons. The summed E-state index contributed by atoms with van der Waals surface area (Å²) in [6, 6.07) is 9.68. The standard InChI is InChI=1S/C30H29ClFNO6/c1-38-25-15-18(14-19(31)30(25)39-16-17-6-2-3-7-20(17)32)27-28-21(8-4-10-23(28)34)33(13-12-26(36)37)22-9-5-11-24(35)29(22)27/h2-3,6-7,14-15,27H,4-5,8-13,16H2,1H3,(H,36,37). The van der Waals surface area contributed by atoms with Gasteiger partial charge in [0.15, 0.2) is 23.1 Å². The fourth-order valence-corrected chi connectivity index (χ4v) is 6.11. The lowest BCUT2D eigenvalue weighted by atomic mass is 9.71. The molecule has 0 unspecified atom stereocenters. The smallest absolute Gasteiger partial charge is 0.305 e. The molecule has 1 heterocycles. The predicted octanol–water partition coefficient (Wildman–Crippen LogP) is 5.95. The number of carbonyl (C=O) groups excluding carboxylic acids is 2. The molecule has 0 atom stereocenters. The summed E-state index contributed by atoms with van der Waals surface area (Å²) in [6.45, 7) is 0.138. The van der Waals surface area contributed by atoms with E-state index in [1.165, 1.54) is 13.2 Å². The lowest BCUT2D eigenvalue weighted by molar-refractivity contribution is -0.137. The highest BCUT2D eigenvalue weighted by molar-refractivity contribution is 6.32. The van der Waals surface area contributed by atoms with Crippen LogP contribution >= 0.6 is 11.6 Å². The highest BCUT2D eigenvalue weighted by atomic mass is 35.5. The molecule has 0 fully saturated rings. The second-order valence-electron chi connectivity index (χ2n) is 9.92. The molecule has 2 aromatic rings. The Balaban J connectivity index is 1.60. The number of ether oxygens (including phenoxy) is 2. The van der Waals surface area contributed by atoms with Crippen molar-refractivity contribution < 1.29 is 33.4 Å². The van der Waals surface area contributed by atoms with Crippen LogP contribution in [0, 0.1) is 5.82 Å². The molecule has 0 spiro atoms. The van der Waals surface area contributed by atoms with E-state index in [0.717, 1.165) is 11.4 Å². The molecular weight excluding hydrogens is 525 g/mol. The van der Waals surface area contributed by atoms with E-state index >= 15 is 0 Å². The van der Waals surface area contributed by atoms with Crippen LogP contribution in [-0.4, -0.2) is 41.2 Å². The number of carbonyl (C=O) groups is 3. The number of Topliss-reactive ketones (excluding diaryl/α,β-unsaturated/α-hetero) is 2. The van der Waals surface area contributed by atoms with Crippen molar-refractivity contribution in [3.05, 3.63) is 80.9 Å². The van der Waals surface area contributed by atoms with Gasteiger partial charge in [-0.1, -0.05) is 29.8 Å². The van der Waals surface area contributed by atoms with E-state index in [1.54, 1.807) is 30.3 Å². The number of methoxy groups -OCH3 is 1. The monoisotopic (exact) mass is 553 g/mol. The molecule has 3 aliphatic rings. The molecule has 5 rings (SSSR count). The van der Waals surface area contributed by atoms with E-state index in [4.69, 9.17) is 21.1 Å². The number of nitrogens with zero attached hydrogens (tertiary/aromatic N) is 1. The third kappa shape index (κ3) is 5.17. The number of rotatable bonds is 8. The van der Waals surface area contributed by atoms with Crippen molar-refractivity contribution in [1.82, 2.24) is 4.90 Å². The lowest BCUT2D eigenvalue weighted by Crippen LogP contribution is -2.39. The van der Waals surface area contributed by atoms with Gasteiger partial charge in [-0.25, -0.2) is 4.39 Å². The van der Waals surface area contributed by atoms with Gasteiger partial charge in [0.05, 0.1) is 18.6 Å². The molecule has 7 nitrogen and oxygen atoms in total. The Morgan fingerprint density at radius 2 is 1.69 bits per heavy atom. The average molecular weight is 554 g/mol. The van der Waals surface area contributed by atoms with Crippen molar-refractivity contribution in [2.24, 2.45) is 0 Å². The zero-order valence-electron chi connectivity index (χ0n) is 21.6. The Labute approximate surface area is 230 Å². The molecule has 2 aromatic carbocycles. The van der Waals surface area contributed by atoms with E-state index in [2.05, 4.69) is 0 Å². The minimum absolute atomic E-state index is 0.0542. The van der Waals surface area contributed by atoms with Crippen molar-refractivity contribution in [3.8, 4) is 11.5 Å². The van der Waals surface area contributed by atoms with Crippen LogP contribution in [-0.2, 0) is 21.0 Å². The molecule has 9 heteroatoms. The van der Waals surface area contributed by atoms with Gasteiger partial charge < -0.3 is 19.5 Å². The molecule has 1 N–H and O–H groups in total. The number of carboxylic acid groups (broad SMARTS) is 1. The molecule has 204 valence electrons. The normalized spacial score (nSPS) is 17.8. The average Bonchev–Trinajstić information content (AvgIpc) is 2.91. The topological polar surface area (TPSA) is 93.1 Å². The van der Waals surface area contributed by atoms with Crippen LogP contribution in [0.1, 0.15) is 62.0 Å². The summed E-state index contributed by atoms with van der Waals surface area (Å²) in [5.74, 6) is -1.54. The minimum atomic E-state index is -0.937. The van der Waals surface area contributed by atoms with Crippen molar-refractivity contribution in [2.45, 2.75) is 57.5 Å². The second kappa shape index (κ2) is 11.2. The van der Waals surface area contributed by atoms with Gasteiger partial charge in [-0.05, 0) is 49.4 Å². The van der Waals surface area contributed by atoms with Crippen LogP contribution in [0.4, 0.5) is 4.39 Å². The van der Waals surface area contributed by atoms with Gasteiger partial charge >= 0.3 is 5.97 Å². The Morgan fingerprint density at radius 1 is 1.05 bits per heavy atom. The number of ketones is 2. The first-order valence-corrected chi connectivity index (χ1v) is 13.4. The summed E-state index contributed by atoms with van der Waals surface area (Å²) in [5, 5.41) is 9.57. The Kier molecular flexibility index (Phi) is 7.75. The van der Waals surface area contributed by atoms with E-state index in [0.29, 0.717) is 66.5 Å². The van der Waals surface area contributed by atoms with E-state index in [1.807, 2.05) is 4.90 Å². The maximum Gasteiger partial charge on any atom is 0.305 e. The number of hydrogen-bond acceptors (Lipinski definition) is 6. The predicted molar refractivity (Wildman–Crippen MR) is 142 cm³/mol. The number of hydrogen-bond donors (Lipinski definition) is 1. The first-order valence-electron chi connectivity index (χ1n) is 13.1. The second-order valence-corrected chi connectivity index (χ2v) is 10.3. The molecule has 0 bridgehead atoms. The van der Waals surface area contributed by atoms with Crippen molar-refractivity contribution in [2.75, 3.05) is 13.7 Å². The van der Waals surface area contributed by atoms with Crippen LogP contribution in [0.2, 0.25) is 5.02 Å². The van der Waals surface area contributed by atoms with E-state index in [-0.39, 0.29) is 41.9 Å². The minimum Gasteiger partial charge on any atom is -0.493 e. The van der Waals surface area contributed by atoms with Gasteiger partial charge in [-0.15, -0.1) is 0 Å². The fourth-order valence-electron chi connectivity index (χ4n) is 5.84. The highest BCUT2D eigenvalue weighted by Gasteiger charge is 2.43. The SMILES string of the molecule is COc1cc(C2C3=C(CCCC3=O)N(CCC(=O)O)C3=C2C(=O)CCC3)cc(Cl)c1OCc1ccccc1F. The number of halogens is 2. The summed E-state index contributed by atoms with van der Waals surface area (Å²) in [5.41, 5.74) is 3.62. The molecule has 39 heavy (non-hydrogen) atoms. The van der Waals surface area contributed by atoms with Gasteiger partial charge in [-0.2, -0.15) is 0 Å². The first kappa shape index (κ1) is 26.9. The summed E-state index contributed by atoms with van der Waals surface area (Å²) in [6.07, 6.45) is 3.18. The number of aliphatic carboxylic acids is 1. The molecule has 0 amide bonds. The third-order valence-corrected chi connectivity index (χ3v) is 7.83. The van der Waals surface area contributed by atoms with Crippen LogP contribution in [0.3, 0.4) is 0 Å². The van der Waals surface area contributed by atoms with Gasteiger partial charge in [0.1, 0.15) is 12.4 Å². The summed E-state index contributed by atoms with van der Waals surface area (Å²) in [7, 11) is 1.47. The number of benzene rings is 2. The molecule has 1 aliphatic heterocycles. The summed E-state index contributed by atoms with van der Waals surface area (Å²) < 4.78 is 25.6. The van der Waals surface area contributed by atoms with Gasteiger partial charge in [0, 0.05) is 53.4 Å². The van der Waals surface area contributed by atoms with Crippen LogP contribution in [0.25, 0.3) is 0 Å². The summed E-state index contributed by atoms with van der Waals surface area (Å²) in [4.78, 5) is 40.2. The van der Waals surface area contributed by atoms with Crippen molar-refractivity contribution in [3.63, 3.8) is 0 Å². The quantitative estimate of drug-likeness (QED) is 0.431. The lowest BCUT2D eigenvalue weighted by Gasteiger charge is -2.44. The fraction of sp³-hybridized carbons (Fsp3) is 0.367. The highest BCUT2D eigenvalue weighted by Crippen LogP contribution is 2.51. The maximum absolute atomic E-state index is 14.1. The number of carboxylic acids is 1. The summed E-state index contributed by atoms with van der Waals surface area (Å²) >= 11 is 6.70. The van der Waals surface area contributed by atoms with E-state index in [9.17, 15) is 23.9 Å². The van der Waals surface area contributed by atoms with Gasteiger partial charge in [0.2, 0.25) is 0 Å². The largest absolute Gasteiger partial charge is 0.493 e. The molecule has 0 saturated heterocycles. The zero-order valence-corrected chi connectivity index (χ0v) is 22.4. The van der Waals surface area contributed by atoms with E-state index < -0.39 is 17.7 Å². The number of allylic oxidation sites excluding steroid dienone is 4. The van der Waals surface area contributed by atoms with Crippen LogP contribution in [0.5, 0.6) is 11.5 Å². The van der Waals surface area contributed by atoms with Crippen molar-refractivity contribution in [1.29, 1.82) is 0 Å². The maximum atomic E-state index is 14.1. The Bertz CT molecular complexity index is 1370. The Morgan fingerprint density at radius 3 is 2.28 bits per heavy atom. The van der Waals surface area contributed by atoms with Crippen LogP contribution in [0.15, 0.2) is 58.9 Å². The molecular formula is C30H29ClFNO6. The van der Waals surface area contributed by atoms with Gasteiger partial charge in [-0.3, -0.25) is 14.4 Å². The molecule has 2 aliphatic carbocycles.